The fourth-order valence-electron chi connectivity index (χ4n) is 1.93. The molecule has 1 aromatic carbocycles. The van der Waals surface area contributed by atoms with Crippen LogP contribution in [0.5, 0.6) is 0 Å². The highest BCUT2D eigenvalue weighted by Crippen LogP contribution is 2.24. The maximum atomic E-state index is 11.9. The topological polar surface area (TPSA) is 84.3 Å². The number of nitrogens with zero attached hydrogens (tertiary/aromatic N) is 1. The minimum atomic E-state index is -0.514. The molecule has 116 valence electrons. The number of carbonyl (C=O) groups excluding carboxylic acids is 1. The molecule has 0 atom stereocenters. The highest BCUT2D eigenvalue weighted by atomic mass is 79.9. The van der Waals surface area contributed by atoms with E-state index in [1.165, 1.54) is 24.1 Å². The molecular formula is C14H14BrN3O3S. The number of anilines is 1. The number of non-ortho nitro benzene ring substituents is 1. The van der Waals surface area contributed by atoms with Gasteiger partial charge >= 0.3 is 0 Å². The number of benzene rings is 1. The van der Waals surface area contributed by atoms with Gasteiger partial charge in [-0.15, -0.1) is 11.3 Å². The van der Waals surface area contributed by atoms with E-state index >= 15 is 0 Å². The van der Waals surface area contributed by atoms with Crippen LogP contribution in [0.25, 0.3) is 0 Å². The van der Waals surface area contributed by atoms with E-state index in [2.05, 4.69) is 26.6 Å². The second-order valence-corrected chi connectivity index (χ2v) is 7.00. The second kappa shape index (κ2) is 7.37. The first-order valence-corrected chi connectivity index (χ1v) is 8.11. The van der Waals surface area contributed by atoms with E-state index in [1.807, 2.05) is 12.1 Å². The average molecular weight is 384 g/mol. The Morgan fingerprint density at radius 1 is 1.36 bits per heavy atom. The van der Waals surface area contributed by atoms with E-state index in [1.54, 1.807) is 17.4 Å². The highest BCUT2D eigenvalue weighted by molar-refractivity contribution is 9.11. The Morgan fingerprint density at radius 2 is 2.14 bits per heavy atom. The standard InChI is InChI=1S/C14H14BrN3O3S/c1-16-14(19)11-8-9(18(20)21)2-4-12(11)17-7-6-10-3-5-13(15)22-10/h2-5,8,17H,6-7H2,1H3,(H,16,19). The predicted molar refractivity (Wildman–Crippen MR) is 90.7 cm³/mol. The van der Waals surface area contributed by atoms with Crippen molar-refractivity contribution in [1.29, 1.82) is 0 Å². The highest BCUT2D eigenvalue weighted by Gasteiger charge is 2.15. The van der Waals surface area contributed by atoms with Gasteiger partial charge in [-0.3, -0.25) is 14.9 Å². The molecule has 8 heteroatoms. The van der Waals surface area contributed by atoms with E-state index in [-0.39, 0.29) is 17.2 Å². The molecule has 2 N–H and O–H groups in total. The molecule has 2 aromatic rings. The van der Waals surface area contributed by atoms with Crippen molar-refractivity contribution in [2.45, 2.75) is 6.42 Å². The Bertz CT molecular complexity index is 702. The van der Waals surface area contributed by atoms with E-state index < -0.39 is 4.92 Å². The van der Waals surface area contributed by atoms with Crippen LogP contribution in [0.2, 0.25) is 0 Å². The van der Waals surface area contributed by atoms with Crippen LogP contribution in [-0.2, 0) is 6.42 Å². The molecule has 22 heavy (non-hydrogen) atoms. The van der Waals surface area contributed by atoms with E-state index in [4.69, 9.17) is 0 Å². The Morgan fingerprint density at radius 3 is 2.73 bits per heavy atom. The summed E-state index contributed by atoms with van der Waals surface area (Å²) < 4.78 is 1.07. The van der Waals surface area contributed by atoms with Crippen LogP contribution in [0.4, 0.5) is 11.4 Å². The summed E-state index contributed by atoms with van der Waals surface area (Å²) >= 11 is 5.06. The smallest absolute Gasteiger partial charge is 0.270 e. The fraction of sp³-hybridized carbons (Fsp3) is 0.214. The summed E-state index contributed by atoms with van der Waals surface area (Å²) in [6, 6.07) is 8.25. The van der Waals surface area contributed by atoms with Gasteiger partial charge in [-0.05, 0) is 40.5 Å². The number of amides is 1. The quantitative estimate of drug-likeness (QED) is 0.590. The monoisotopic (exact) mass is 383 g/mol. The number of nitro groups is 1. The van der Waals surface area contributed by atoms with Gasteiger partial charge in [0.25, 0.3) is 11.6 Å². The normalized spacial score (nSPS) is 10.3. The van der Waals surface area contributed by atoms with Crippen molar-refractivity contribution in [2.75, 3.05) is 18.9 Å². The third-order valence-electron chi connectivity index (χ3n) is 3.00. The average Bonchev–Trinajstić information content (AvgIpc) is 2.92. The van der Waals surface area contributed by atoms with E-state index in [0.717, 1.165) is 10.2 Å². The number of rotatable bonds is 6. The third-order valence-corrected chi connectivity index (χ3v) is 4.68. The molecule has 1 amide bonds. The van der Waals surface area contributed by atoms with Crippen molar-refractivity contribution >= 4 is 44.5 Å². The number of carbonyl (C=O) groups is 1. The Kier molecular flexibility index (Phi) is 5.51. The van der Waals surface area contributed by atoms with Crippen LogP contribution in [0.3, 0.4) is 0 Å². The van der Waals surface area contributed by atoms with Crippen molar-refractivity contribution in [1.82, 2.24) is 5.32 Å². The first kappa shape index (κ1) is 16.4. The van der Waals surface area contributed by atoms with Crippen molar-refractivity contribution in [3.05, 3.63) is 54.7 Å². The lowest BCUT2D eigenvalue weighted by Gasteiger charge is -2.10. The summed E-state index contributed by atoms with van der Waals surface area (Å²) in [5, 5.41) is 16.5. The molecular weight excluding hydrogens is 370 g/mol. The maximum Gasteiger partial charge on any atom is 0.270 e. The summed E-state index contributed by atoms with van der Waals surface area (Å²) in [6.07, 6.45) is 0.806. The van der Waals surface area contributed by atoms with Crippen LogP contribution in [0.1, 0.15) is 15.2 Å². The van der Waals surface area contributed by atoms with Gasteiger partial charge in [0.2, 0.25) is 0 Å². The molecule has 0 aliphatic carbocycles. The van der Waals surface area contributed by atoms with E-state index in [9.17, 15) is 14.9 Å². The Balaban J connectivity index is 2.11. The molecule has 0 saturated heterocycles. The number of halogens is 1. The lowest BCUT2D eigenvalue weighted by atomic mass is 10.1. The van der Waals surface area contributed by atoms with Crippen molar-refractivity contribution in [3.63, 3.8) is 0 Å². The zero-order chi connectivity index (χ0) is 16.1. The van der Waals surface area contributed by atoms with Gasteiger partial charge in [0.15, 0.2) is 0 Å². The predicted octanol–water partition coefficient (Wildman–Crippen LogP) is 3.43. The summed E-state index contributed by atoms with van der Waals surface area (Å²) in [5.41, 5.74) is 0.746. The number of hydrogen-bond acceptors (Lipinski definition) is 5. The van der Waals surface area contributed by atoms with Gasteiger partial charge in [0.1, 0.15) is 0 Å². The van der Waals surface area contributed by atoms with Crippen LogP contribution in [0.15, 0.2) is 34.1 Å². The Labute approximate surface area is 139 Å². The largest absolute Gasteiger partial charge is 0.384 e. The van der Waals surface area contributed by atoms with Gasteiger partial charge in [0.05, 0.1) is 14.3 Å². The summed E-state index contributed by atoms with van der Waals surface area (Å²) in [6.45, 7) is 0.634. The molecule has 0 radical (unpaired) electrons. The van der Waals surface area contributed by atoms with Gasteiger partial charge in [-0.25, -0.2) is 0 Å². The van der Waals surface area contributed by atoms with Crippen LogP contribution in [0, 0.1) is 10.1 Å². The second-order valence-electron chi connectivity index (χ2n) is 4.45. The first-order valence-electron chi connectivity index (χ1n) is 6.50. The zero-order valence-corrected chi connectivity index (χ0v) is 14.2. The van der Waals surface area contributed by atoms with Gasteiger partial charge in [0, 0.05) is 36.3 Å². The van der Waals surface area contributed by atoms with Crippen molar-refractivity contribution in [2.24, 2.45) is 0 Å². The molecule has 1 aromatic heterocycles. The molecule has 0 fully saturated rings. The van der Waals surface area contributed by atoms with Gasteiger partial charge in [-0.2, -0.15) is 0 Å². The molecule has 6 nitrogen and oxygen atoms in total. The maximum absolute atomic E-state index is 11.9. The molecule has 0 aliphatic rings. The lowest BCUT2D eigenvalue weighted by Crippen LogP contribution is -2.20. The zero-order valence-electron chi connectivity index (χ0n) is 11.8. The third kappa shape index (κ3) is 4.05. The summed E-state index contributed by atoms with van der Waals surface area (Å²) in [7, 11) is 1.49. The summed E-state index contributed by atoms with van der Waals surface area (Å²) in [5.74, 6) is -0.356. The number of thiophene rings is 1. The Hall–Kier alpha value is -1.93. The summed E-state index contributed by atoms with van der Waals surface area (Å²) in [4.78, 5) is 23.4. The number of hydrogen-bond donors (Lipinski definition) is 2. The van der Waals surface area contributed by atoms with Crippen LogP contribution < -0.4 is 10.6 Å². The number of nitrogens with one attached hydrogen (secondary N) is 2. The van der Waals surface area contributed by atoms with Crippen LogP contribution in [-0.4, -0.2) is 24.4 Å². The van der Waals surface area contributed by atoms with Crippen LogP contribution >= 0.6 is 27.3 Å². The minimum Gasteiger partial charge on any atom is -0.384 e. The van der Waals surface area contributed by atoms with E-state index in [0.29, 0.717) is 12.2 Å². The number of nitro benzene ring substituents is 1. The van der Waals surface area contributed by atoms with Gasteiger partial charge < -0.3 is 10.6 Å². The molecule has 0 spiro atoms. The molecule has 0 unspecified atom stereocenters. The first-order chi connectivity index (χ1) is 10.5. The lowest BCUT2D eigenvalue weighted by molar-refractivity contribution is -0.384. The van der Waals surface area contributed by atoms with Crippen molar-refractivity contribution in [3.8, 4) is 0 Å². The van der Waals surface area contributed by atoms with Crippen molar-refractivity contribution < 1.29 is 9.72 Å². The molecule has 0 aliphatic heterocycles. The molecule has 1 heterocycles. The van der Waals surface area contributed by atoms with Gasteiger partial charge in [-0.1, -0.05) is 0 Å². The minimum absolute atomic E-state index is 0.105. The molecule has 0 bridgehead atoms. The molecule has 2 rings (SSSR count). The fourth-order valence-corrected chi connectivity index (χ4v) is 3.41. The molecule has 0 saturated carbocycles. The SMILES string of the molecule is CNC(=O)c1cc([N+](=O)[O-])ccc1NCCc1ccc(Br)s1.